The SMILES string of the molecule is CCc1cc(Nc2nc(NN)ncc2C)ccc1C. The molecule has 0 unspecified atom stereocenters. The third-order valence-electron chi connectivity index (χ3n) is 3.09. The van der Waals surface area contributed by atoms with Crippen molar-refractivity contribution in [1.82, 2.24) is 9.97 Å². The molecule has 5 nitrogen and oxygen atoms in total. The number of hydrogen-bond acceptors (Lipinski definition) is 5. The molecule has 0 aliphatic rings. The number of rotatable bonds is 4. The summed E-state index contributed by atoms with van der Waals surface area (Å²) in [6.45, 7) is 6.23. The van der Waals surface area contributed by atoms with E-state index in [1.165, 1.54) is 11.1 Å². The van der Waals surface area contributed by atoms with Crippen molar-refractivity contribution in [2.45, 2.75) is 27.2 Å². The van der Waals surface area contributed by atoms with E-state index >= 15 is 0 Å². The van der Waals surface area contributed by atoms with Crippen LogP contribution in [-0.4, -0.2) is 9.97 Å². The lowest BCUT2D eigenvalue weighted by atomic mass is 10.1. The first-order valence-corrected chi connectivity index (χ1v) is 6.31. The molecular weight excluding hydrogens is 238 g/mol. The van der Waals surface area contributed by atoms with Gasteiger partial charge in [0.2, 0.25) is 5.95 Å². The highest BCUT2D eigenvalue weighted by Crippen LogP contribution is 2.21. The topological polar surface area (TPSA) is 75.9 Å². The molecule has 2 aromatic rings. The highest BCUT2D eigenvalue weighted by molar-refractivity contribution is 5.61. The number of hydrazine groups is 1. The maximum atomic E-state index is 5.32. The lowest BCUT2D eigenvalue weighted by molar-refractivity contribution is 1.09. The largest absolute Gasteiger partial charge is 0.340 e. The molecule has 0 bridgehead atoms. The monoisotopic (exact) mass is 257 g/mol. The quantitative estimate of drug-likeness (QED) is 0.580. The second-order valence-electron chi connectivity index (χ2n) is 4.49. The molecule has 19 heavy (non-hydrogen) atoms. The smallest absolute Gasteiger partial charge is 0.239 e. The predicted octanol–water partition coefficient (Wildman–Crippen LogP) is 2.69. The Morgan fingerprint density at radius 2 is 2.00 bits per heavy atom. The van der Waals surface area contributed by atoms with Crippen LogP contribution in [0.25, 0.3) is 0 Å². The van der Waals surface area contributed by atoms with Crippen LogP contribution >= 0.6 is 0 Å². The summed E-state index contributed by atoms with van der Waals surface area (Å²) in [4.78, 5) is 8.37. The van der Waals surface area contributed by atoms with E-state index in [4.69, 9.17) is 5.84 Å². The molecule has 0 fully saturated rings. The minimum atomic E-state index is 0.399. The molecule has 0 atom stereocenters. The maximum absolute atomic E-state index is 5.32. The molecule has 1 heterocycles. The van der Waals surface area contributed by atoms with Crippen LogP contribution in [0.5, 0.6) is 0 Å². The Hall–Kier alpha value is -2.14. The van der Waals surface area contributed by atoms with E-state index in [2.05, 4.69) is 46.7 Å². The summed E-state index contributed by atoms with van der Waals surface area (Å²) in [5.41, 5.74) is 7.07. The van der Waals surface area contributed by atoms with Gasteiger partial charge in [0.25, 0.3) is 0 Å². The average Bonchev–Trinajstić information content (AvgIpc) is 2.43. The Morgan fingerprint density at radius 3 is 2.68 bits per heavy atom. The summed E-state index contributed by atoms with van der Waals surface area (Å²) in [6, 6.07) is 6.30. The summed E-state index contributed by atoms with van der Waals surface area (Å²) < 4.78 is 0. The van der Waals surface area contributed by atoms with Gasteiger partial charge in [0.05, 0.1) is 0 Å². The molecule has 5 heteroatoms. The summed E-state index contributed by atoms with van der Waals surface area (Å²) >= 11 is 0. The minimum absolute atomic E-state index is 0.399. The van der Waals surface area contributed by atoms with E-state index in [9.17, 15) is 0 Å². The van der Waals surface area contributed by atoms with Crippen molar-refractivity contribution in [2.75, 3.05) is 10.7 Å². The number of anilines is 3. The Labute approximate surface area is 113 Å². The first-order valence-electron chi connectivity index (χ1n) is 6.31. The zero-order valence-corrected chi connectivity index (χ0v) is 11.5. The van der Waals surface area contributed by atoms with Gasteiger partial charge in [0, 0.05) is 17.4 Å². The van der Waals surface area contributed by atoms with E-state index in [1.807, 2.05) is 13.0 Å². The number of nitrogens with zero attached hydrogens (tertiary/aromatic N) is 2. The molecule has 0 spiro atoms. The van der Waals surface area contributed by atoms with Crippen LogP contribution in [0.15, 0.2) is 24.4 Å². The molecule has 1 aromatic heterocycles. The van der Waals surface area contributed by atoms with E-state index in [0.717, 1.165) is 23.5 Å². The zero-order chi connectivity index (χ0) is 13.8. The van der Waals surface area contributed by atoms with Crippen molar-refractivity contribution in [3.63, 3.8) is 0 Å². The van der Waals surface area contributed by atoms with Crippen LogP contribution < -0.4 is 16.6 Å². The van der Waals surface area contributed by atoms with Crippen molar-refractivity contribution in [3.8, 4) is 0 Å². The van der Waals surface area contributed by atoms with Gasteiger partial charge < -0.3 is 5.32 Å². The van der Waals surface area contributed by atoms with Gasteiger partial charge in [-0.2, -0.15) is 4.98 Å². The van der Waals surface area contributed by atoms with Crippen LogP contribution in [0.4, 0.5) is 17.5 Å². The molecular formula is C14H19N5. The van der Waals surface area contributed by atoms with Gasteiger partial charge >= 0.3 is 0 Å². The van der Waals surface area contributed by atoms with Crippen LogP contribution in [0.1, 0.15) is 23.6 Å². The van der Waals surface area contributed by atoms with Gasteiger partial charge in [-0.25, -0.2) is 10.8 Å². The number of benzene rings is 1. The third-order valence-corrected chi connectivity index (χ3v) is 3.09. The van der Waals surface area contributed by atoms with E-state index in [1.54, 1.807) is 6.20 Å². The Kier molecular flexibility index (Phi) is 3.97. The predicted molar refractivity (Wildman–Crippen MR) is 78.4 cm³/mol. The first-order chi connectivity index (χ1) is 9.13. The molecule has 0 aliphatic carbocycles. The average molecular weight is 257 g/mol. The van der Waals surface area contributed by atoms with Crippen molar-refractivity contribution in [3.05, 3.63) is 41.1 Å². The fourth-order valence-electron chi connectivity index (χ4n) is 1.90. The van der Waals surface area contributed by atoms with Gasteiger partial charge in [0.15, 0.2) is 0 Å². The van der Waals surface area contributed by atoms with E-state index < -0.39 is 0 Å². The van der Waals surface area contributed by atoms with Crippen LogP contribution in [0.2, 0.25) is 0 Å². The number of nitrogen functional groups attached to an aromatic ring is 1. The van der Waals surface area contributed by atoms with Crippen molar-refractivity contribution in [1.29, 1.82) is 0 Å². The van der Waals surface area contributed by atoms with Gasteiger partial charge in [-0.1, -0.05) is 13.0 Å². The Balaban J connectivity index is 2.30. The lowest BCUT2D eigenvalue weighted by Gasteiger charge is -2.11. The molecule has 0 radical (unpaired) electrons. The van der Waals surface area contributed by atoms with E-state index in [0.29, 0.717) is 5.95 Å². The number of nitrogens with two attached hydrogens (primary N) is 1. The van der Waals surface area contributed by atoms with Crippen molar-refractivity contribution >= 4 is 17.5 Å². The second kappa shape index (κ2) is 5.67. The molecule has 0 amide bonds. The van der Waals surface area contributed by atoms with Gasteiger partial charge in [-0.15, -0.1) is 0 Å². The fraction of sp³-hybridized carbons (Fsp3) is 0.286. The van der Waals surface area contributed by atoms with Gasteiger partial charge in [0.1, 0.15) is 5.82 Å². The Morgan fingerprint density at radius 1 is 1.21 bits per heavy atom. The van der Waals surface area contributed by atoms with E-state index in [-0.39, 0.29) is 0 Å². The number of aryl methyl sites for hydroxylation is 3. The summed E-state index contributed by atoms with van der Waals surface area (Å²) in [7, 11) is 0. The molecule has 4 N–H and O–H groups in total. The van der Waals surface area contributed by atoms with Crippen LogP contribution in [0, 0.1) is 13.8 Å². The second-order valence-corrected chi connectivity index (χ2v) is 4.49. The number of aromatic nitrogens is 2. The number of hydrogen-bond donors (Lipinski definition) is 3. The highest BCUT2D eigenvalue weighted by Gasteiger charge is 2.05. The highest BCUT2D eigenvalue weighted by atomic mass is 15.3. The van der Waals surface area contributed by atoms with Crippen LogP contribution in [0.3, 0.4) is 0 Å². The fourth-order valence-corrected chi connectivity index (χ4v) is 1.90. The summed E-state index contributed by atoms with van der Waals surface area (Å²) in [5.74, 6) is 6.48. The molecule has 0 saturated carbocycles. The minimum Gasteiger partial charge on any atom is -0.340 e. The maximum Gasteiger partial charge on any atom is 0.239 e. The molecule has 1 aromatic carbocycles. The Bertz CT molecular complexity index is 580. The zero-order valence-electron chi connectivity index (χ0n) is 11.5. The van der Waals surface area contributed by atoms with Gasteiger partial charge in [-0.3, -0.25) is 5.43 Å². The summed E-state index contributed by atoms with van der Waals surface area (Å²) in [5, 5.41) is 3.30. The van der Waals surface area contributed by atoms with Crippen molar-refractivity contribution < 1.29 is 0 Å². The molecule has 0 aliphatic heterocycles. The number of nitrogens with one attached hydrogen (secondary N) is 2. The normalized spacial score (nSPS) is 10.3. The van der Waals surface area contributed by atoms with Gasteiger partial charge in [-0.05, 0) is 43.5 Å². The first kappa shape index (κ1) is 13.3. The third kappa shape index (κ3) is 3.00. The molecule has 2 rings (SSSR count). The van der Waals surface area contributed by atoms with Crippen LogP contribution in [-0.2, 0) is 6.42 Å². The summed E-state index contributed by atoms with van der Waals surface area (Å²) in [6.07, 6.45) is 2.75. The standard InChI is InChI=1S/C14H19N5/c1-4-11-7-12(6-5-9(11)2)17-13-10(3)8-16-14(18-13)19-15/h5-8H,4,15H2,1-3H3,(H2,16,17,18,19). The lowest BCUT2D eigenvalue weighted by Crippen LogP contribution is -2.11. The molecule has 0 saturated heterocycles. The molecule has 100 valence electrons. The van der Waals surface area contributed by atoms with Crippen molar-refractivity contribution in [2.24, 2.45) is 5.84 Å².